The second-order valence-corrected chi connectivity index (χ2v) is 17.6. The van der Waals surface area contributed by atoms with Crippen molar-refractivity contribution in [2.75, 3.05) is 4.90 Å². The summed E-state index contributed by atoms with van der Waals surface area (Å²) in [5.41, 5.74) is 16.8. The molecule has 0 atom stereocenters. The summed E-state index contributed by atoms with van der Waals surface area (Å²) < 4.78 is 5.10. The van der Waals surface area contributed by atoms with Crippen LogP contribution in [0.3, 0.4) is 0 Å². The molecule has 0 aliphatic carbocycles. The first-order valence-electron chi connectivity index (χ1n) is 21.6. The molecule has 0 spiro atoms. The van der Waals surface area contributed by atoms with Crippen molar-refractivity contribution in [1.82, 2.24) is 4.40 Å². The van der Waals surface area contributed by atoms with Gasteiger partial charge in [0.15, 0.2) is 0 Å². The van der Waals surface area contributed by atoms with Gasteiger partial charge in [0, 0.05) is 58.8 Å². The predicted molar refractivity (Wildman–Crippen MR) is 270 cm³/mol. The van der Waals surface area contributed by atoms with Gasteiger partial charge >= 0.3 is 0 Å². The summed E-state index contributed by atoms with van der Waals surface area (Å²) in [6.07, 6.45) is 0. The molecule has 0 fully saturated rings. The standard InChI is InChI=1S/C60H38N2S/c1-2-9-39(10-3-1)40-17-19-41(20-18-40)42-21-29-47(30-22-42)61(49-33-25-44(26-34-49)46-28-36-53-52-12-5-7-16-58(52)63-59(53)38-46)48-31-23-43(24-32-48)45-27-35-51-55-14-8-13-54-50-11-4-6-15-56(50)62(60(54)55)57(51)37-45/h1-38H. The van der Waals surface area contributed by atoms with Crippen molar-refractivity contribution in [1.29, 1.82) is 0 Å². The van der Waals surface area contributed by atoms with E-state index >= 15 is 0 Å². The highest BCUT2D eigenvalue weighted by Crippen LogP contribution is 2.42. The molecule has 0 aliphatic heterocycles. The summed E-state index contributed by atoms with van der Waals surface area (Å²) in [5, 5.41) is 7.85. The Morgan fingerprint density at radius 3 is 1.30 bits per heavy atom. The monoisotopic (exact) mass is 818 g/mol. The van der Waals surface area contributed by atoms with Crippen LogP contribution in [0.2, 0.25) is 0 Å². The molecular weight excluding hydrogens is 781 g/mol. The van der Waals surface area contributed by atoms with Crippen molar-refractivity contribution >= 4 is 86.7 Å². The quantitative estimate of drug-likeness (QED) is 0.155. The molecule has 0 radical (unpaired) electrons. The van der Waals surface area contributed by atoms with Crippen LogP contribution in [0.5, 0.6) is 0 Å². The summed E-state index contributed by atoms with van der Waals surface area (Å²) in [7, 11) is 0. The molecule has 10 aromatic carbocycles. The third-order valence-corrected chi connectivity index (χ3v) is 14.1. The minimum Gasteiger partial charge on any atom is -0.311 e. The molecule has 63 heavy (non-hydrogen) atoms. The first-order valence-corrected chi connectivity index (χ1v) is 22.4. The smallest absolute Gasteiger partial charge is 0.0620 e. The van der Waals surface area contributed by atoms with Gasteiger partial charge in [0.2, 0.25) is 0 Å². The summed E-state index contributed by atoms with van der Waals surface area (Å²) in [6.45, 7) is 0. The summed E-state index contributed by atoms with van der Waals surface area (Å²) >= 11 is 1.86. The highest BCUT2D eigenvalue weighted by Gasteiger charge is 2.19. The molecule has 0 aliphatic rings. The number of hydrogen-bond acceptors (Lipinski definition) is 2. The number of anilines is 3. The van der Waals surface area contributed by atoms with Crippen LogP contribution in [-0.2, 0) is 0 Å². The number of thiophene rings is 1. The molecule has 2 nitrogen and oxygen atoms in total. The average Bonchev–Trinajstić information content (AvgIpc) is 4.02. The van der Waals surface area contributed by atoms with Gasteiger partial charge in [0.25, 0.3) is 0 Å². The minimum absolute atomic E-state index is 1.10. The van der Waals surface area contributed by atoms with Gasteiger partial charge in [-0.1, -0.05) is 170 Å². The van der Waals surface area contributed by atoms with E-state index in [-0.39, 0.29) is 0 Å². The lowest BCUT2D eigenvalue weighted by atomic mass is 9.99. The lowest BCUT2D eigenvalue weighted by Crippen LogP contribution is -2.09. The maximum Gasteiger partial charge on any atom is 0.0620 e. The van der Waals surface area contributed by atoms with Gasteiger partial charge in [-0.15, -0.1) is 11.3 Å². The van der Waals surface area contributed by atoms with Crippen LogP contribution in [0, 0.1) is 0 Å². The van der Waals surface area contributed by atoms with Gasteiger partial charge in [-0.05, 0) is 105 Å². The fourth-order valence-corrected chi connectivity index (χ4v) is 11.0. The number of benzene rings is 10. The SMILES string of the molecule is c1ccc(-c2ccc(-c3ccc(N(c4ccc(-c5ccc6c(c5)sc5ccccc56)cc4)c4ccc(-c5ccc6c7cccc8c9ccccc9n(c6c5)c87)cc4)cc3)cc2)cc1. The van der Waals surface area contributed by atoms with Crippen LogP contribution < -0.4 is 4.90 Å². The Labute approximate surface area is 369 Å². The topological polar surface area (TPSA) is 7.65 Å². The zero-order chi connectivity index (χ0) is 41.4. The fourth-order valence-electron chi connectivity index (χ4n) is 9.86. The number of aromatic nitrogens is 1. The van der Waals surface area contributed by atoms with E-state index in [4.69, 9.17) is 0 Å². The predicted octanol–water partition coefficient (Wildman–Crippen LogP) is 17.3. The second kappa shape index (κ2) is 14.3. The summed E-state index contributed by atoms with van der Waals surface area (Å²) in [6, 6.07) is 84.6. The first-order chi connectivity index (χ1) is 31.2. The third-order valence-electron chi connectivity index (χ3n) is 13.0. The van der Waals surface area contributed by atoms with Crippen LogP contribution in [0.4, 0.5) is 17.1 Å². The van der Waals surface area contributed by atoms with Crippen LogP contribution in [0.1, 0.15) is 0 Å². The van der Waals surface area contributed by atoms with Gasteiger partial charge in [0.1, 0.15) is 0 Å². The summed E-state index contributed by atoms with van der Waals surface area (Å²) in [4.78, 5) is 2.37. The Balaban J connectivity index is 0.872. The molecule has 0 bridgehead atoms. The van der Waals surface area contributed by atoms with Gasteiger partial charge < -0.3 is 9.30 Å². The van der Waals surface area contributed by atoms with Gasteiger partial charge in [0.05, 0.1) is 16.6 Å². The van der Waals surface area contributed by atoms with Crippen LogP contribution in [0.15, 0.2) is 231 Å². The molecule has 0 unspecified atom stereocenters. The molecule has 3 heterocycles. The van der Waals surface area contributed by atoms with Crippen molar-refractivity contribution in [3.05, 3.63) is 231 Å². The largest absolute Gasteiger partial charge is 0.311 e. The molecular formula is C60H38N2S. The lowest BCUT2D eigenvalue weighted by molar-refractivity contribution is 1.28. The van der Waals surface area contributed by atoms with E-state index in [1.54, 1.807) is 0 Å². The van der Waals surface area contributed by atoms with E-state index in [0.29, 0.717) is 0 Å². The minimum atomic E-state index is 1.10. The number of fused-ring (bicyclic) bond motifs is 9. The third kappa shape index (κ3) is 5.85. The second-order valence-electron chi connectivity index (χ2n) is 16.5. The zero-order valence-corrected chi connectivity index (χ0v) is 35.1. The van der Waals surface area contributed by atoms with Crippen molar-refractivity contribution in [2.45, 2.75) is 0 Å². The van der Waals surface area contributed by atoms with Gasteiger partial charge in [-0.25, -0.2) is 0 Å². The highest BCUT2D eigenvalue weighted by molar-refractivity contribution is 7.25. The van der Waals surface area contributed by atoms with E-state index < -0.39 is 0 Å². The van der Waals surface area contributed by atoms with Crippen molar-refractivity contribution in [3.8, 4) is 44.5 Å². The Morgan fingerprint density at radius 2 is 0.683 bits per heavy atom. The number of rotatable bonds is 7. The van der Waals surface area contributed by atoms with Crippen LogP contribution >= 0.6 is 11.3 Å². The molecule has 0 amide bonds. The molecule has 3 heteroatoms. The molecule has 13 rings (SSSR count). The molecule has 13 aromatic rings. The Hall–Kier alpha value is -7.98. The van der Waals surface area contributed by atoms with Gasteiger partial charge in [-0.2, -0.15) is 0 Å². The Morgan fingerprint density at radius 1 is 0.270 bits per heavy atom. The fraction of sp³-hybridized carbons (Fsp3) is 0. The van der Waals surface area contributed by atoms with E-state index in [9.17, 15) is 0 Å². The van der Waals surface area contributed by atoms with Crippen molar-refractivity contribution < 1.29 is 0 Å². The van der Waals surface area contributed by atoms with E-state index in [1.165, 1.54) is 103 Å². The normalized spacial score (nSPS) is 11.8. The van der Waals surface area contributed by atoms with E-state index in [0.717, 1.165) is 17.1 Å². The maximum atomic E-state index is 2.46. The molecule has 0 N–H and O–H groups in total. The zero-order valence-electron chi connectivity index (χ0n) is 34.2. The first kappa shape index (κ1) is 35.7. The van der Waals surface area contributed by atoms with Gasteiger partial charge in [-0.3, -0.25) is 0 Å². The van der Waals surface area contributed by atoms with E-state index in [1.807, 2.05) is 11.3 Å². The van der Waals surface area contributed by atoms with E-state index in [2.05, 4.69) is 240 Å². The lowest BCUT2D eigenvalue weighted by Gasteiger charge is -2.26. The molecule has 0 saturated carbocycles. The van der Waals surface area contributed by atoms with Crippen molar-refractivity contribution in [3.63, 3.8) is 0 Å². The number of hydrogen-bond donors (Lipinski definition) is 0. The van der Waals surface area contributed by atoms with Crippen LogP contribution in [-0.4, -0.2) is 4.40 Å². The average molecular weight is 819 g/mol. The van der Waals surface area contributed by atoms with Crippen molar-refractivity contribution in [2.24, 2.45) is 0 Å². The Kier molecular flexibility index (Phi) is 8.12. The Bertz CT molecular complexity index is 3800. The molecule has 0 saturated heterocycles. The highest BCUT2D eigenvalue weighted by atomic mass is 32.1. The number of para-hydroxylation sites is 2. The molecule has 294 valence electrons. The number of nitrogens with zero attached hydrogens (tertiary/aromatic N) is 2. The summed E-state index contributed by atoms with van der Waals surface area (Å²) in [5.74, 6) is 0. The van der Waals surface area contributed by atoms with Crippen LogP contribution in [0.25, 0.3) is 103 Å². The molecule has 3 aromatic heterocycles. The maximum absolute atomic E-state index is 2.46.